The van der Waals surface area contributed by atoms with Gasteiger partial charge in [-0.3, -0.25) is 0 Å². The van der Waals surface area contributed by atoms with E-state index in [0.717, 1.165) is 27.6 Å². The molecule has 5 heteroatoms. The van der Waals surface area contributed by atoms with E-state index in [1.165, 1.54) is 5.39 Å². The van der Waals surface area contributed by atoms with Crippen LogP contribution in [0.2, 0.25) is 0 Å². The van der Waals surface area contributed by atoms with Crippen LogP contribution in [-0.4, -0.2) is 11.4 Å². The van der Waals surface area contributed by atoms with E-state index in [-0.39, 0.29) is 5.75 Å². The summed E-state index contributed by atoms with van der Waals surface area (Å²) in [6, 6.07) is 19.4. The number of hydrogen-bond donors (Lipinski definition) is 0. The van der Waals surface area contributed by atoms with Crippen molar-refractivity contribution in [2.45, 2.75) is 19.4 Å². The normalized spacial score (nSPS) is 13.8. The summed E-state index contributed by atoms with van der Waals surface area (Å²) in [5, 5.41) is 2.32. The predicted molar refractivity (Wildman–Crippen MR) is 119 cm³/mol. The summed E-state index contributed by atoms with van der Waals surface area (Å²) in [7, 11) is -2.39. The van der Waals surface area contributed by atoms with Gasteiger partial charge in [-0.2, -0.15) is 13.2 Å². The van der Waals surface area contributed by atoms with Crippen LogP contribution in [-0.2, 0) is 0 Å². The summed E-state index contributed by atoms with van der Waals surface area (Å²) in [5.41, 5.74) is -0.652. The van der Waals surface area contributed by atoms with Crippen LogP contribution in [0.4, 0.5) is 13.2 Å². The Hall–Kier alpha value is -2.79. The fourth-order valence-corrected chi connectivity index (χ4v) is 3.40. The van der Waals surface area contributed by atoms with Crippen molar-refractivity contribution in [3.63, 3.8) is 0 Å². The standard InChI is InChI=1S/C24H21F3OS/c1-4-7-20(22-11-10-18-8-5-6-9-21(18)16-22)15-19-12-13-23(14-17(19)2)28-29(3)24(25,26)27/h4-16H,3H2,1-2H3/b7-4-,20-15+. The van der Waals surface area contributed by atoms with Gasteiger partial charge in [-0.05, 0) is 77.0 Å². The lowest BCUT2D eigenvalue weighted by Crippen LogP contribution is -2.07. The number of aryl methyl sites for hydroxylation is 1. The van der Waals surface area contributed by atoms with Gasteiger partial charge in [0.1, 0.15) is 5.75 Å². The van der Waals surface area contributed by atoms with E-state index in [1.807, 2.05) is 44.2 Å². The lowest BCUT2D eigenvalue weighted by Gasteiger charge is -2.14. The van der Waals surface area contributed by atoms with Crippen molar-refractivity contribution in [3.05, 3.63) is 89.5 Å². The fraction of sp³-hybridized carbons (Fsp3) is 0.125. The van der Waals surface area contributed by atoms with Gasteiger partial charge in [0, 0.05) is 0 Å². The van der Waals surface area contributed by atoms with E-state index < -0.39 is 16.3 Å². The first-order valence-corrected chi connectivity index (χ1v) is 10.3. The largest absolute Gasteiger partial charge is 0.470 e. The first-order chi connectivity index (χ1) is 13.8. The van der Waals surface area contributed by atoms with Gasteiger partial charge >= 0.3 is 5.51 Å². The van der Waals surface area contributed by atoms with Crippen LogP contribution < -0.4 is 4.18 Å². The molecule has 1 atom stereocenters. The molecular formula is C24H21F3OS. The van der Waals surface area contributed by atoms with Crippen LogP contribution in [0.1, 0.15) is 23.6 Å². The van der Waals surface area contributed by atoms with Crippen molar-refractivity contribution in [2.24, 2.45) is 0 Å². The molecule has 0 bridgehead atoms. The summed E-state index contributed by atoms with van der Waals surface area (Å²) in [4.78, 5) is 0. The minimum atomic E-state index is -4.47. The van der Waals surface area contributed by atoms with Gasteiger partial charge in [-0.25, -0.2) is 0 Å². The molecule has 0 amide bonds. The maximum absolute atomic E-state index is 12.7. The highest BCUT2D eigenvalue weighted by atomic mass is 32.2. The van der Waals surface area contributed by atoms with Crippen molar-refractivity contribution in [1.29, 1.82) is 0 Å². The molecule has 0 spiro atoms. The highest BCUT2D eigenvalue weighted by molar-refractivity contribution is 8.11. The summed E-state index contributed by atoms with van der Waals surface area (Å²) in [6.45, 7) is 3.80. The van der Waals surface area contributed by atoms with E-state index in [2.05, 4.69) is 36.2 Å². The van der Waals surface area contributed by atoms with Crippen molar-refractivity contribution >= 4 is 39.1 Å². The van der Waals surface area contributed by atoms with Gasteiger partial charge in [0.15, 0.2) is 0 Å². The molecule has 150 valence electrons. The lowest BCUT2D eigenvalue weighted by atomic mass is 9.97. The molecule has 3 aromatic carbocycles. The molecule has 0 aliphatic rings. The molecule has 3 aromatic rings. The van der Waals surface area contributed by atoms with E-state index in [0.29, 0.717) is 0 Å². The second-order valence-corrected chi connectivity index (χ2v) is 7.88. The SMILES string of the molecule is C=S(Oc1ccc(/C=C(\C=C/C)c2ccc3ccccc3c2)c(C)c1)C(F)(F)F. The molecule has 0 fully saturated rings. The number of rotatable bonds is 5. The van der Waals surface area contributed by atoms with Gasteiger partial charge in [0.2, 0.25) is 0 Å². The Morgan fingerprint density at radius 1 is 1.00 bits per heavy atom. The number of halogens is 3. The van der Waals surface area contributed by atoms with Gasteiger partial charge in [0.05, 0.1) is 10.8 Å². The molecule has 0 aliphatic carbocycles. The number of benzene rings is 3. The molecule has 29 heavy (non-hydrogen) atoms. The quantitative estimate of drug-likeness (QED) is 0.235. The Bertz CT molecular complexity index is 1110. The predicted octanol–water partition coefficient (Wildman–Crippen LogP) is 7.78. The van der Waals surface area contributed by atoms with Gasteiger partial charge in [0.25, 0.3) is 0 Å². The monoisotopic (exact) mass is 414 g/mol. The third-order valence-corrected chi connectivity index (χ3v) is 5.35. The minimum absolute atomic E-state index is 0.161. The molecule has 1 nitrogen and oxygen atoms in total. The van der Waals surface area contributed by atoms with Crippen LogP contribution in [0.3, 0.4) is 0 Å². The Kier molecular flexibility index (Phi) is 6.28. The number of hydrogen-bond acceptors (Lipinski definition) is 1. The second kappa shape index (κ2) is 8.70. The second-order valence-electron chi connectivity index (χ2n) is 6.55. The zero-order valence-corrected chi connectivity index (χ0v) is 17.0. The Morgan fingerprint density at radius 3 is 2.38 bits per heavy atom. The molecule has 0 aliphatic heterocycles. The first kappa shape index (κ1) is 20.9. The average molecular weight is 414 g/mol. The van der Waals surface area contributed by atoms with Crippen molar-refractivity contribution < 1.29 is 17.4 Å². The van der Waals surface area contributed by atoms with E-state index in [1.54, 1.807) is 18.2 Å². The van der Waals surface area contributed by atoms with E-state index in [9.17, 15) is 13.2 Å². The van der Waals surface area contributed by atoms with E-state index in [4.69, 9.17) is 4.18 Å². The fourth-order valence-electron chi connectivity index (χ4n) is 2.97. The highest BCUT2D eigenvalue weighted by Gasteiger charge is 2.33. The molecule has 0 N–H and O–H groups in total. The summed E-state index contributed by atoms with van der Waals surface area (Å²) >= 11 is 0. The Balaban J connectivity index is 1.95. The number of alkyl halides is 3. The van der Waals surface area contributed by atoms with Crippen LogP contribution in [0.15, 0.2) is 72.8 Å². The van der Waals surface area contributed by atoms with Gasteiger partial charge in [-0.15, -0.1) is 0 Å². The zero-order valence-electron chi connectivity index (χ0n) is 16.2. The molecule has 0 saturated heterocycles. The average Bonchev–Trinajstić information content (AvgIpc) is 2.68. The smallest absolute Gasteiger partial charge is 0.426 e. The third kappa shape index (κ3) is 5.18. The van der Waals surface area contributed by atoms with E-state index >= 15 is 0 Å². The molecule has 3 rings (SSSR count). The molecule has 0 saturated carbocycles. The summed E-state index contributed by atoms with van der Waals surface area (Å²) in [5.74, 6) is 3.21. The molecule has 0 heterocycles. The zero-order chi connectivity index (χ0) is 21.0. The lowest BCUT2D eigenvalue weighted by molar-refractivity contribution is -0.0376. The third-order valence-electron chi connectivity index (χ3n) is 4.44. The first-order valence-electron chi connectivity index (χ1n) is 9.01. The Morgan fingerprint density at radius 2 is 1.72 bits per heavy atom. The maximum atomic E-state index is 12.7. The van der Waals surface area contributed by atoms with Crippen molar-refractivity contribution in [1.82, 2.24) is 0 Å². The van der Waals surface area contributed by atoms with Crippen LogP contribution in [0.5, 0.6) is 5.75 Å². The van der Waals surface area contributed by atoms with Crippen molar-refractivity contribution in [2.75, 3.05) is 0 Å². The molecule has 1 unspecified atom stereocenters. The van der Waals surface area contributed by atoms with Gasteiger partial charge in [-0.1, -0.05) is 54.6 Å². The number of allylic oxidation sites excluding steroid dienone is 3. The minimum Gasteiger partial charge on any atom is -0.426 e. The molecule has 0 aromatic heterocycles. The number of fused-ring (bicyclic) bond motifs is 1. The van der Waals surface area contributed by atoms with Crippen LogP contribution in [0, 0.1) is 6.92 Å². The molecular weight excluding hydrogens is 393 g/mol. The Labute approximate surface area is 171 Å². The van der Waals surface area contributed by atoms with Crippen molar-refractivity contribution in [3.8, 4) is 5.75 Å². The summed E-state index contributed by atoms with van der Waals surface area (Å²) in [6.07, 6.45) is 6.01. The highest BCUT2D eigenvalue weighted by Crippen LogP contribution is 2.38. The topological polar surface area (TPSA) is 9.23 Å². The van der Waals surface area contributed by atoms with Crippen LogP contribution >= 0.6 is 10.8 Å². The maximum Gasteiger partial charge on any atom is 0.470 e. The molecule has 0 radical (unpaired) electrons. The summed E-state index contributed by atoms with van der Waals surface area (Å²) < 4.78 is 43.0. The van der Waals surface area contributed by atoms with Gasteiger partial charge < -0.3 is 4.18 Å². The van der Waals surface area contributed by atoms with Crippen LogP contribution in [0.25, 0.3) is 22.4 Å².